The van der Waals surface area contributed by atoms with Crippen molar-refractivity contribution in [2.45, 2.75) is 4.90 Å². The van der Waals surface area contributed by atoms with Crippen LogP contribution < -0.4 is 10.0 Å². The summed E-state index contributed by atoms with van der Waals surface area (Å²) >= 11 is 2.52. The first-order valence-electron chi connectivity index (χ1n) is 7.85. The van der Waals surface area contributed by atoms with Gasteiger partial charge in [0.1, 0.15) is 4.88 Å². The molecule has 0 saturated carbocycles. The van der Waals surface area contributed by atoms with Crippen LogP contribution in [0.2, 0.25) is 0 Å². The van der Waals surface area contributed by atoms with E-state index in [0.29, 0.717) is 5.13 Å². The molecule has 1 amide bonds. The maximum Gasteiger partial charge on any atom is 0.269 e. The predicted octanol–water partition coefficient (Wildman–Crippen LogP) is 4.41. The van der Waals surface area contributed by atoms with Crippen molar-refractivity contribution in [3.05, 3.63) is 70.9 Å². The van der Waals surface area contributed by atoms with Gasteiger partial charge in [-0.15, -0.1) is 11.3 Å². The van der Waals surface area contributed by atoms with Gasteiger partial charge in [0, 0.05) is 0 Å². The van der Waals surface area contributed by atoms with Crippen molar-refractivity contribution >= 4 is 59.6 Å². The van der Waals surface area contributed by atoms with Gasteiger partial charge in [0.2, 0.25) is 0 Å². The van der Waals surface area contributed by atoms with Gasteiger partial charge in [-0.1, -0.05) is 41.7 Å². The fourth-order valence-corrected chi connectivity index (χ4v) is 5.21. The Morgan fingerprint density at radius 1 is 0.963 bits per heavy atom. The maximum atomic E-state index is 12.6. The van der Waals surface area contributed by atoms with Crippen LogP contribution >= 0.6 is 22.7 Å². The highest BCUT2D eigenvalue weighted by Crippen LogP contribution is 2.29. The van der Waals surface area contributed by atoms with E-state index >= 15 is 0 Å². The van der Waals surface area contributed by atoms with E-state index in [2.05, 4.69) is 15.0 Å². The molecule has 0 bridgehead atoms. The molecule has 0 saturated heterocycles. The predicted molar refractivity (Wildman–Crippen MR) is 109 cm³/mol. The number of nitrogens with one attached hydrogen (secondary N) is 2. The van der Waals surface area contributed by atoms with Crippen molar-refractivity contribution in [3.8, 4) is 0 Å². The fourth-order valence-electron chi connectivity index (χ4n) is 2.45. The summed E-state index contributed by atoms with van der Waals surface area (Å²) in [4.78, 5) is 17.4. The lowest BCUT2D eigenvalue weighted by Crippen LogP contribution is -2.16. The number of carbonyl (C=O) groups excluding carboxylic acids is 1. The minimum Gasteiger partial charge on any atom is -0.297 e. The van der Waals surface area contributed by atoms with Crippen LogP contribution in [0.3, 0.4) is 0 Å². The van der Waals surface area contributed by atoms with Crippen molar-refractivity contribution in [3.63, 3.8) is 0 Å². The number of aromatic nitrogens is 1. The highest BCUT2D eigenvalue weighted by Gasteiger charge is 2.20. The average Bonchev–Trinajstić information content (AvgIpc) is 3.28. The molecule has 0 aliphatic rings. The zero-order valence-electron chi connectivity index (χ0n) is 13.7. The summed E-state index contributed by atoms with van der Waals surface area (Å²) in [7, 11) is -3.77. The Bertz CT molecular complexity index is 1180. The lowest BCUT2D eigenvalue weighted by Gasteiger charge is -2.08. The molecule has 2 heterocycles. The van der Waals surface area contributed by atoms with Crippen molar-refractivity contribution in [1.29, 1.82) is 0 Å². The first kappa shape index (κ1) is 17.7. The molecule has 0 spiro atoms. The van der Waals surface area contributed by atoms with Crippen molar-refractivity contribution in [1.82, 2.24) is 4.98 Å². The number of para-hydroxylation sites is 1. The van der Waals surface area contributed by atoms with E-state index in [1.165, 1.54) is 23.5 Å². The SMILES string of the molecule is O=C(Nc1nc2ccccc2s1)c1sccc1NS(=O)(=O)c1ccccc1. The molecular formula is C18H13N3O3S3. The Kier molecular flexibility index (Phi) is 4.65. The van der Waals surface area contributed by atoms with E-state index in [4.69, 9.17) is 0 Å². The molecule has 2 aromatic heterocycles. The zero-order chi connectivity index (χ0) is 18.9. The number of sulfonamides is 1. The summed E-state index contributed by atoms with van der Waals surface area (Å²) in [5, 5.41) is 4.87. The zero-order valence-corrected chi connectivity index (χ0v) is 16.2. The van der Waals surface area contributed by atoms with Crippen LogP contribution in [-0.4, -0.2) is 19.3 Å². The van der Waals surface area contributed by atoms with Crippen LogP contribution in [0, 0.1) is 0 Å². The number of nitrogens with zero attached hydrogens (tertiary/aromatic N) is 1. The third-order valence-corrected chi connectivity index (χ3v) is 6.93. The number of thiophene rings is 1. The number of benzene rings is 2. The van der Waals surface area contributed by atoms with Gasteiger partial charge in [-0.3, -0.25) is 14.8 Å². The van der Waals surface area contributed by atoms with Gasteiger partial charge in [0.15, 0.2) is 5.13 Å². The van der Waals surface area contributed by atoms with Gasteiger partial charge in [-0.25, -0.2) is 13.4 Å². The number of carbonyl (C=O) groups is 1. The Morgan fingerprint density at radius 3 is 2.48 bits per heavy atom. The molecule has 2 aromatic carbocycles. The van der Waals surface area contributed by atoms with Crippen LogP contribution in [0.15, 0.2) is 70.9 Å². The van der Waals surface area contributed by atoms with Gasteiger partial charge in [0.25, 0.3) is 15.9 Å². The molecule has 27 heavy (non-hydrogen) atoms. The largest absolute Gasteiger partial charge is 0.297 e. The molecule has 4 rings (SSSR count). The molecule has 4 aromatic rings. The smallest absolute Gasteiger partial charge is 0.269 e. The van der Waals surface area contributed by atoms with Gasteiger partial charge in [-0.05, 0) is 35.7 Å². The average molecular weight is 416 g/mol. The lowest BCUT2D eigenvalue weighted by atomic mass is 10.3. The molecule has 0 unspecified atom stereocenters. The van der Waals surface area contributed by atoms with Crippen LogP contribution in [0.1, 0.15) is 9.67 Å². The molecule has 136 valence electrons. The summed E-state index contributed by atoms with van der Waals surface area (Å²) < 4.78 is 28.4. The minimum atomic E-state index is -3.77. The molecule has 0 radical (unpaired) electrons. The Balaban J connectivity index is 1.57. The van der Waals surface area contributed by atoms with Crippen LogP contribution in [0.4, 0.5) is 10.8 Å². The highest BCUT2D eigenvalue weighted by atomic mass is 32.2. The Morgan fingerprint density at radius 2 is 1.70 bits per heavy atom. The van der Waals surface area contributed by atoms with Crippen LogP contribution in [0.25, 0.3) is 10.2 Å². The number of hydrogen-bond donors (Lipinski definition) is 2. The highest BCUT2D eigenvalue weighted by molar-refractivity contribution is 7.92. The standard InChI is InChI=1S/C18H13N3O3S3/c22-17(20-18-19-13-8-4-5-9-15(13)26-18)16-14(10-11-25-16)21-27(23,24)12-6-2-1-3-7-12/h1-11,21H,(H,19,20,22). The van der Waals surface area contributed by atoms with E-state index in [1.807, 2.05) is 24.3 Å². The number of rotatable bonds is 5. The Hall–Kier alpha value is -2.75. The van der Waals surface area contributed by atoms with Gasteiger partial charge >= 0.3 is 0 Å². The molecule has 9 heteroatoms. The van der Waals surface area contributed by atoms with Gasteiger partial charge in [-0.2, -0.15) is 0 Å². The van der Waals surface area contributed by atoms with Crippen molar-refractivity contribution < 1.29 is 13.2 Å². The van der Waals surface area contributed by atoms with Gasteiger partial charge in [0.05, 0.1) is 20.8 Å². The van der Waals surface area contributed by atoms with E-state index in [9.17, 15) is 13.2 Å². The molecule has 6 nitrogen and oxygen atoms in total. The summed E-state index contributed by atoms with van der Waals surface area (Å²) in [6.07, 6.45) is 0. The second-order valence-corrected chi connectivity index (χ2v) is 9.15. The first-order chi connectivity index (χ1) is 13.0. The summed E-state index contributed by atoms with van der Waals surface area (Å²) in [6, 6.07) is 17.2. The van der Waals surface area contributed by atoms with E-state index in [1.54, 1.807) is 29.6 Å². The second kappa shape index (κ2) is 7.10. The first-order valence-corrected chi connectivity index (χ1v) is 11.0. The normalized spacial score (nSPS) is 11.4. The minimum absolute atomic E-state index is 0.133. The van der Waals surface area contributed by atoms with E-state index in [-0.39, 0.29) is 15.5 Å². The van der Waals surface area contributed by atoms with Crippen LogP contribution in [0.5, 0.6) is 0 Å². The molecule has 0 fully saturated rings. The van der Waals surface area contributed by atoms with Crippen molar-refractivity contribution in [2.75, 3.05) is 10.0 Å². The monoisotopic (exact) mass is 415 g/mol. The van der Waals surface area contributed by atoms with E-state index in [0.717, 1.165) is 21.6 Å². The number of anilines is 2. The lowest BCUT2D eigenvalue weighted by molar-refractivity contribution is 0.103. The second-order valence-electron chi connectivity index (χ2n) is 5.52. The third kappa shape index (κ3) is 3.70. The number of fused-ring (bicyclic) bond motifs is 1. The summed E-state index contributed by atoms with van der Waals surface area (Å²) in [5.74, 6) is -0.408. The fraction of sp³-hybridized carbons (Fsp3) is 0. The van der Waals surface area contributed by atoms with Crippen molar-refractivity contribution in [2.24, 2.45) is 0 Å². The van der Waals surface area contributed by atoms with Crippen LogP contribution in [-0.2, 0) is 10.0 Å². The summed E-state index contributed by atoms with van der Waals surface area (Å²) in [6.45, 7) is 0. The van der Waals surface area contributed by atoms with Gasteiger partial charge < -0.3 is 0 Å². The summed E-state index contributed by atoms with van der Waals surface area (Å²) in [5.41, 5.74) is 1.04. The van der Waals surface area contributed by atoms with E-state index < -0.39 is 15.9 Å². The maximum absolute atomic E-state index is 12.6. The quantitative estimate of drug-likeness (QED) is 0.505. The number of amides is 1. The molecule has 0 atom stereocenters. The number of thiazole rings is 1. The molecule has 2 N–H and O–H groups in total. The number of hydrogen-bond acceptors (Lipinski definition) is 6. The third-order valence-electron chi connectivity index (χ3n) is 3.68. The molecule has 0 aliphatic heterocycles. The molecular weight excluding hydrogens is 402 g/mol. The molecule has 0 aliphatic carbocycles. The topological polar surface area (TPSA) is 88.2 Å². The Labute approximate surface area is 163 Å².